The lowest BCUT2D eigenvalue weighted by Crippen LogP contribution is -2.20. The molecule has 0 aromatic heterocycles. The van der Waals surface area contributed by atoms with Crippen molar-refractivity contribution in [3.8, 4) is 5.75 Å². The van der Waals surface area contributed by atoms with Gasteiger partial charge in [0.1, 0.15) is 5.75 Å². The summed E-state index contributed by atoms with van der Waals surface area (Å²) in [6.45, 7) is 0. The minimum Gasteiger partial charge on any atom is -0.406 e. The van der Waals surface area contributed by atoms with E-state index < -0.39 is 6.36 Å². The summed E-state index contributed by atoms with van der Waals surface area (Å²) in [5.74, 6) is 0.166. The fourth-order valence-electron chi connectivity index (χ4n) is 2.51. The largest absolute Gasteiger partial charge is 0.573 e. The average molecular weight is 259 g/mol. The van der Waals surface area contributed by atoms with Crippen LogP contribution in [0.1, 0.15) is 37.3 Å². The summed E-state index contributed by atoms with van der Waals surface area (Å²) in [5.41, 5.74) is 6.81. The van der Waals surface area contributed by atoms with Crippen molar-refractivity contribution in [2.75, 3.05) is 0 Å². The van der Waals surface area contributed by atoms with E-state index in [9.17, 15) is 13.2 Å². The molecule has 18 heavy (non-hydrogen) atoms. The summed E-state index contributed by atoms with van der Waals surface area (Å²) in [4.78, 5) is 0. The standard InChI is InChI=1S/C13H16F3NO/c14-13(15,16)18-11-7-3-6-10(8-11)12(17)9-4-1-2-5-9/h3,6-9,12H,1-2,4-5,17H2/t12-/m1/s1. The molecule has 1 fully saturated rings. The smallest absolute Gasteiger partial charge is 0.406 e. The second-order valence-corrected chi connectivity index (χ2v) is 4.69. The zero-order valence-electron chi connectivity index (χ0n) is 9.91. The molecule has 0 spiro atoms. The molecule has 0 radical (unpaired) electrons. The first kappa shape index (κ1) is 13.2. The lowest BCUT2D eigenvalue weighted by Gasteiger charge is -2.20. The van der Waals surface area contributed by atoms with Gasteiger partial charge >= 0.3 is 6.36 Å². The van der Waals surface area contributed by atoms with Gasteiger partial charge in [-0.05, 0) is 36.5 Å². The van der Waals surface area contributed by atoms with E-state index in [1.54, 1.807) is 12.1 Å². The summed E-state index contributed by atoms with van der Waals surface area (Å²) in [7, 11) is 0. The van der Waals surface area contributed by atoms with Crippen LogP contribution in [-0.2, 0) is 0 Å². The third-order valence-electron chi connectivity index (χ3n) is 3.38. The molecule has 1 aromatic carbocycles. The van der Waals surface area contributed by atoms with E-state index in [2.05, 4.69) is 4.74 Å². The Balaban J connectivity index is 2.11. The SMILES string of the molecule is N[C@@H](c1cccc(OC(F)(F)F)c1)C1CCCC1. The predicted molar refractivity (Wildman–Crippen MR) is 62.0 cm³/mol. The number of benzene rings is 1. The van der Waals surface area contributed by atoms with Crippen LogP contribution >= 0.6 is 0 Å². The summed E-state index contributed by atoms with van der Waals surface area (Å²) in [5, 5.41) is 0. The molecule has 2 nitrogen and oxygen atoms in total. The van der Waals surface area contributed by atoms with Crippen LogP contribution < -0.4 is 10.5 Å². The lowest BCUT2D eigenvalue weighted by atomic mass is 9.92. The molecule has 100 valence electrons. The molecular formula is C13H16F3NO. The van der Waals surface area contributed by atoms with Crippen molar-refractivity contribution in [2.45, 2.75) is 38.1 Å². The van der Waals surface area contributed by atoms with E-state index in [-0.39, 0.29) is 11.8 Å². The van der Waals surface area contributed by atoms with E-state index in [0.29, 0.717) is 11.5 Å². The van der Waals surface area contributed by atoms with Crippen molar-refractivity contribution >= 4 is 0 Å². The van der Waals surface area contributed by atoms with Gasteiger partial charge in [0.25, 0.3) is 0 Å². The third kappa shape index (κ3) is 3.38. The number of alkyl halides is 3. The van der Waals surface area contributed by atoms with Crippen LogP contribution in [0.25, 0.3) is 0 Å². The second-order valence-electron chi connectivity index (χ2n) is 4.69. The first-order chi connectivity index (χ1) is 8.46. The molecule has 1 aliphatic rings. The number of hydrogen-bond donors (Lipinski definition) is 1. The lowest BCUT2D eigenvalue weighted by molar-refractivity contribution is -0.274. The molecule has 1 aliphatic carbocycles. The maximum absolute atomic E-state index is 12.1. The Bertz CT molecular complexity index is 399. The Morgan fingerprint density at radius 1 is 1.22 bits per heavy atom. The third-order valence-corrected chi connectivity index (χ3v) is 3.38. The Labute approximate surface area is 104 Å². The molecule has 1 aromatic rings. The maximum atomic E-state index is 12.1. The average Bonchev–Trinajstić information content (AvgIpc) is 2.79. The summed E-state index contributed by atoms with van der Waals surface area (Å²) >= 11 is 0. The number of rotatable bonds is 3. The van der Waals surface area contributed by atoms with Gasteiger partial charge in [0, 0.05) is 6.04 Å². The Kier molecular flexibility index (Phi) is 3.80. The van der Waals surface area contributed by atoms with E-state index in [1.165, 1.54) is 12.1 Å². The Morgan fingerprint density at radius 3 is 2.50 bits per heavy atom. The van der Waals surface area contributed by atoms with Crippen molar-refractivity contribution < 1.29 is 17.9 Å². The van der Waals surface area contributed by atoms with Gasteiger partial charge in [0.15, 0.2) is 0 Å². The van der Waals surface area contributed by atoms with Gasteiger partial charge in [-0.3, -0.25) is 0 Å². The van der Waals surface area contributed by atoms with Crippen molar-refractivity contribution in [3.05, 3.63) is 29.8 Å². The molecule has 0 saturated heterocycles. The minimum absolute atomic E-state index is 0.201. The highest BCUT2D eigenvalue weighted by atomic mass is 19.4. The van der Waals surface area contributed by atoms with E-state index in [4.69, 9.17) is 5.73 Å². The van der Waals surface area contributed by atoms with Gasteiger partial charge in [-0.25, -0.2) is 0 Å². The topological polar surface area (TPSA) is 35.2 Å². The zero-order valence-corrected chi connectivity index (χ0v) is 9.91. The predicted octanol–water partition coefficient (Wildman–Crippen LogP) is 3.78. The summed E-state index contributed by atoms with van der Waals surface area (Å²) in [6, 6.07) is 5.77. The minimum atomic E-state index is -4.66. The Hall–Kier alpha value is -1.23. The first-order valence-electron chi connectivity index (χ1n) is 6.07. The van der Waals surface area contributed by atoms with Gasteiger partial charge in [-0.2, -0.15) is 0 Å². The zero-order chi connectivity index (χ0) is 13.2. The Morgan fingerprint density at radius 2 is 1.89 bits per heavy atom. The van der Waals surface area contributed by atoms with Gasteiger partial charge in [0.05, 0.1) is 0 Å². The number of ether oxygens (including phenoxy) is 1. The van der Waals surface area contributed by atoms with Crippen LogP contribution in [0.5, 0.6) is 5.75 Å². The van der Waals surface area contributed by atoms with Gasteiger partial charge in [0.2, 0.25) is 0 Å². The molecule has 2 N–H and O–H groups in total. The number of halogens is 3. The summed E-state index contributed by atoms with van der Waals surface area (Å²) < 4.78 is 40.3. The second kappa shape index (κ2) is 5.18. The molecule has 0 aliphatic heterocycles. The van der Waals surface area contributed by atoms with E-state index >= 15 is 0 Å². The maximum Gasteiger partial charge on any atom is 0.573 e. The van der Waals surface area contributed by atoms with Gasteiger partial charge in [-0.1, -0.05) is 25.0 Å². The molecule has 2 rings (SSSR count). The number of nitrogens with two attached hydrogens (primary N) is 1. The van der Waals surface area contributed by atoms with Crippen LogP contribution in [0.15, 0.2) is 24.3 Å². The van der Waals surface area contributed by atoms with Crippen molar-refractivity contribution in [2.24, 2.45) is 11.7 Å². The fourth-order valence-corrected chi connectivity index (χ4v) is 2.51. The van der Waals surface area contributed by atoms with Gasteiger partial charge in [-0.15, -0.1) is 13.2 Å². The van der Waals surface area contributed by atoms with Gasteiger partial charge < -0.3 is 10.5 Å². The summed E-state index contributed by atoms with van der Waals surface area (Å²) in [6.07, 6.45) is -0.263. The molecule has 0 unspecified atom stereocenters. The molecule has 0 heterocycles. The van der Waals surface area contributed by atoms with Crippen LogP contribution in [0.3, 0.4) is 0 Å². The van der Waals surface area contributed by atoms with Crippen LogP contribution in [0, 0.1) is 5.92 Å². The normalized spacial score (nSPS) is 18.9. The molecule has 1 saturated carbocycles. The molecule has 1 atom stereocenters. The van der Waals surface area contributed by atoms with E-state index in [0.717, 1.165) is 25.7 Å². The molecule has 0 amide bonds. The van der Waals surface area contributed by atoms with Crippen LogP contribution in [-0.4, -0.2) is 6.36 Å². The number of hydrogen-bond acceptors (Lipinski definition) is 2. The van der Waals surface area contributed by atoms with Crippen LogP contribution in [0.4, 0.5) is 13.2 Å². The monoisotopic (exact) mass is 259 g/mol. The van der Waals surface area contributed by atoms with Crippen molar-refractivity contribution in [1.29, 1.82) is 0 Å². The highest BCUT2D eigenvalue weighted by molar-refractivity contribution is 5.31. The molecule has 0 bridgehead atoms. The quantitative estimate of drug-likeness (QED) is 0.896. The van der Waals surface area contributed by atoms with Crippen molar-refractivity contribution in [1.82, 2.24) is 0 Å². The highest BCUT2D eigenvalue weighted by Gasteiger charge is 2.31. The first-order valence-corrected chi connectivity index (χ1v) is 6.07. The highest BCUT2D eigenvalue weighted by Crippen LogP contribution is 2.35. The van der Waals surface area contributed by atoms with Crippen LogP contribution in [0.2, 0.25) is 0 Å². The molecular weight excluding hydrogens is 243 g/mol. The fraction of sp³-hybridized carbons (Fsp3) is 0.538. The van der Waals surface area contributed by atoms with Crippen molar-refractivity contribution in [3.63, 3.8) is 0 Å². The van der Waals surface area contributed by atoms with E-state index in [1.807, 2.05) is 0 Å². The molecule has 5 heteroatoms.